The highest BCUT2D eigenvalue weighted by molar-refractivity contribution is 9.24. The Balaban J connectivity index is 2.75. The molecule has 0 aromatic heterocycles. The van der Waals surface area contributed by atoms with Gasteiger partial charge in [0.05, 0.1) is 0 Å². The zero-order valence-corrected chi connectivity index (χ0v) is 10.0. The van der Waals surface area contributed by atoms with Gasteiger partial charge in [0, 0.05) is 0 Å². The summed E-state index contributed by atoms with van der Waals surface area (Å²) < 4.78 is 0.578. The van der Waals surface area contributed by atoms with Crippen LogP contribution in [0.3, 0.4) is 0 Å². The Kier molecular flexibility index (Phi) is 4.29. The Bertz CT molecular complexity index is 188. The van der Waals surface area contributed by atoms with Crippen molar-refractivity contribution in [1.82, 2.24) is 0 Å². The molecule has 1 aromatic rings. The lowest BCUT2D eigenvalue weighted by molar-refractivity contribution is 1.38. The molecule has 1 unspecified atom stereocenters. The molecule has 10 heavy (non-hydrogen) atoms. The highest BCUT2D eigenvalue weighted by atomic mass is 79.9. The van der Waals surface area contributed by atoms with E-state index in [9.17, 15) is 0 Å². The molecule has 3 heteroatoms. The minimum Gasteiger partial charge on any atom is -0.304 e. The first-order chi connectivity index (χ1) is 4.84. The van der Waals surface area contributed by atoms with Crippen LogP contribution in [0.5, 0.6) is 0 Å². The van der Waals surface area contributed by atoms with Gasteiger partial charge in [-0.3, -0.25) is 0 Å². The second kappa shape index (κ2) is 4.75. The molecule has 1 rings (SSSR count). The van der Waals surface area contributed by atoms with E-state index >= 15 is 0 Å². The predicted octanol–water partition coefficient (Wildman–Crippen LogP) is 3.09. The van der Waals surface area contributed by atoms with E-state index in [0.717, 1.165) is 0 Å². The van der Waals surface area contributed by atoms with Crippen LogP contribution in [0.25, 0.3) is 0 Å². The fourth-order valence-electron chi connectivity index (χ4n) is 0.751. The largest absolute Gasteiger partial charge is 0.491 e. The third-order valence-electron chi connectivity index (χ3n) is 1.30. The van der Waals surface area contributed by atoms with Crippen molar-refractivity contribution in [1.29, 1.82) is 0 Å². The van der Waals surface area contributed by atoms with Gasteiger partial charge in [0.25, 0.3) is 0 Å². The van der Waals surface area contributed by atoms with Crippen LogP contribution in [0.1, 0.15) is 8.52 Å². The molecule has 0 bridgehead atoms. The number of benzene rings is 1. The Labute approximate surface area is 85.1 Å². The summed E-state index contributed by atoms with van der Waals surface area (Å²) in [5.41, 5.74) is 1.38. The monoisotopic (exact) mass is 272 g/mol. The van der Waals surface area contributed by atoms with Gasteiger partial charge >= 0.3 is 18.2 Å². The SMILES string of the molecule is [Br][Mg][CH](Br)c1ccccc1. The van der Waals surface area contributed by atoms with Crippen molar-refractivity contribution < 1.29 is 0 Å². The molecule has 0 heterocycles. The van der Waals surface area contributed by atoms with Crippen LogP contribution in [0, 0.1) is 0 Å². The molecule has 0 N–H and O–H groups in total. The Morgan fingerprint density at radius 2 is 1.80 bits per heavy atom. The Morgan fingerprint density at radius 1 is 1.20 bits per heavy atom. The molecule has 1 atom stereocenters. The van der Waals surface area contributed by atoms with Gasteiger partial charge in [-0.25, -0.2) is 0 Å². The predicted molar refractivity (Wildman–Crippen MR) is 52.8 cm³/mol. The van der Waals surface area contributed by atoms with Gasteiger partial charge in [-0.2, -0.15) is 0 Å². The van der Waals surface area contributed by atoms with E-state index in [4.69, 9.17) is 0 Å². The molecule has 0 saturated heterocycles. The van der Waals surface area contributed by atoms with Crippen molar-refractivity contribution in [3.05, 3.63) is 35.9 Å². The number of hydrogen-bond acceptors (Lipinski definition) is 0. The maximum atomic E-state index is 3.60. The first kappa shape index (κ1) is 9.04. The molecule has 0 saturated carbocycles. The fourth-order valence-corrected chi connectivity index (χ4v) is 2.63. The number of alkyl halides is 1. The minimum absolute atomic E-state index is 0.131. The highest BCUT2D eigenvalue weighted by Gasteiger charge is 2.06. The third-order valence-corrected chi connectivity index (χ3v) is 8.09. The van der Waals surface area contributed by atoms with Crippen LogP contribution in [-0.4, -0.2) is 18.2 Å². The van der Waals surface area contributed by atoms with Gasteiger partial charge in [-0.05, 0) is 2.96 Å². The zero-order valence-electron chi connectivity index (χ0n) is 5.43. The molecule has 0 aliphatic rings. The summed E-state index contributed by atoms with van der Waals surface area (Å²) in [5, 5.41) is 0. The molecule has 0 fully saturated rings. The second-order valence-corrected chi connectivity index (χ2v) is 7.40. The van der Waals surface area contributed by atoms with Crippen LogP contribution in [0.4, 0.5) is 0 Å². The van der Waals surface area contributed by atoms with E-state index in [1.165, 1.54) is 5.56 Å². The van der Waals surface area contributed by atoms with Crippen LogP contribution >= 0.6 is 28.8 Å². The van der Waals surface area contributed by atoms with Crippen LogP contribution in [0.15, 0.2) is 30.3 Å². The topological polar surface area (TPSA) is 0 Å². The van der Waals surface area contributed by atoms with E-state index in [0.29, 0.717) is 2.96 Å². The maximum absolute atomic E-state index is 3.60. The van der Waals surface area contributed by atoms with E-state index < -0.39 is 0 Å². The first-order valence-electron chi connectivity index (χ1n) is 3.09. The molecule has 0 radical (unpaired) electrons. The lowest BCUT2D eigenvalue weighted by Crippen LogP contribution is -1.91. The summed E-state index contributed by atoms with van der Waals surface area (Å²) in [6.07, 6.45) is 0. The van der Waals surface area contributed by atoms with Crippen molar-refractivity contribution in [2.24, 2.45) is 0 Å². The molecule has 0 spiro atoms. The molecular formula is C7H6Br2Mg. The standard InChI is InChI=1S/C7H6Br.BrH.Mg/c8-6-7-4-2-1-3-5-7;;/h1-6H;1H;/q;;+1/p-1. The minimum atomic E-state index is -0.131. The van der Waals surface area contributed by atoms with Gasteiger partial charge < -0.3 is 12.9 Å². The zero-order chi connectivity index (χ0) is 7.40. The summed E-state index contributed by atoms with van der Waals surface area (Å²) >= 11 is 7.01. The van der Waals surface area contributed by atoms with Crippen molar-refractivity contribution in [2.75, 3.05) is 0 Å². The average molecular weight is 274 g/mol. The van der Waals surface area contributed by atoms with Crippen LogP contribution < -0.4 is 0 Å². The second-order valence-electron chi connectivity index (χ2n) is 2.03. The van der Waals surface area contributed by atoms with Gasteiger partial charge in [0.1, 0.15) is 0 Å². The van der Waals surface area contributed by atoms with Gasteiger partial charge in [0.2, 0.25) is 0 Å². The summed E-state index contributed by atoms with van der Waals surface area (Å²) in [6, 6.07) is 10.5. The van der Waals surface area contributed by atoms with Crippen LogP contribution in [0.2, 0.25) is 0 Å². The molecular weight excluding hydrogens is 268 g/mol. The van der Waals surface area contributed by atoms with Gasteiger partial charge in [0.15, 0.2) is 0 Å². The smallest absolute Gasteiger partial charge is 0.304 e. The summed E-state index contributed by atoms with van der Waals surface area (Å²) in [5.74, 6) is 0. The van der Waals surface area contributed by atoms with E-state index in [1.54, 1.807) is 0 Å². The molecule has 0 aliphatic carbocycles. The lowest BCUT2D eigenvalue weighted by Gasteiger charge is -2.03. The maximum Gasteiger partial charge on any atom is 0.491 e. The molecule has 50 valence electrons. The summed E-state index contributed by atoms with van der Waals surface area (Å²) in [7, 11) is 0. The molecule has 1 aromatic carbocycles. The van der Waals surface area contributed by atoms with Crippen molar-refractivity contribution in [3.8, 4) is 0 Å². The third kappa shape index (κ3) is 2.53. The Morgan fingerprint density at radius 3 is 2.30 bits per heavy atom. The highest BCUT2D eigenvalue weighted by Crippen LogP contribution is 2.21. The van der Waals surface area contributed by atoms with Gasteiger partial charge in [-0.15, -0.1) is 15.9 Å². The van der Waals surface area contributed by atoms with E-state index in [2.05, 4.69) is 53.1 Å². The van der Waals surface area contributed by atoms with Crippen molar-refractivity contribution >= 4 is 47.0 Å². The Hall–Kier alpha value is 0.946. The normalized spacial score (nSPS) is 12.2. The molecule has 0 nitrogen and oxygen atoms in total. The molecule has 0 aliphatic heterocycles. The first-order valence-corrected chi connectivity index (χ1v) is 8.72. The number of hydrogen-bond donors (Lipinski definition) is 0. The number of rotatable bonds is 2. The summed E-state index contributed by atoms with van der Waals surface area (Å²) in [6.45, 7) is 0. The van der Waals surface area contributed by atoms with E-state index in [-0.39, 0.29) is 18.2 Å². The number of halogens is 2. The van der Waals surface area contributed by atoms with Gasteiger partial charge in [-0.1, -0.05) is 35.9 Å². The average Bonchev–Trinajstić information content (AvgIpc) is 2.05. The van der Waals surface area contributed by atoms with Crippen LogP contribution in [-0.2, 0) is 0 Å². The lowest BCUT2D eigenvalue weighted by atomic mass is 10.2. The van der Waals surface area contributed by atoms with Crippen molar-refractivity contribution in [3.63, 3.8) is 0 Å². The van der Waals surface area contributed by atoms with Crippen molar-refractivity contribution in [2.45, 2.75) is 2.96 Å². The van der Waals surface area contributed by atoms with E-state index in [1.807, 2.05) is 6.07 Å². The quantitative estimate of drug-likeness (QED) is 0.574. The summed E-state index contributed by atoms with van der Waals surface area (Å²) in [4.78, 5) is 0. The fraction of sp³-hybridized carbons (Fsp3) is 0.143. The molecule has 0 amide bonds.